The molecular weight excluding hydrogens is 440 g/mol. The lowest BCUT2D eigenvalue weighted by atomic mass is 10.1. The van der Waals surface area contributed by atoms with Crippen LogP contribution in [0.15, 0.2) is 60.7 Å². The van der Waals surface area contributed by atoms with Crippen molar-refractivity contribution in [1.29, 1.82) is 0 Å². The number of hydrogen-bond donors (Lipinski definition) is 2. The van der Waals surface area contributed by atoms with Crippen molar-refractivity contribution in [1.82, 2.24) is 10.6 Å². The Morgan fingerprint density at radius 3 is 2.21 bits per heavy atom. The molecule has 0 saturated carbocycles. The monoisotopic (exact) mass is 473 g/mol. The van der Waals surface area contributed by atoms with E-state index in [0.717, 1.165) is 5.56 Å². The van der Waals surface area contributed by atoms with E-state index in [4.69, 9.17) is 10.9 Å². The van der Waals surface area contributed by atoms with E-state index in [1.807, 2.05) is 30.3 Å². The molecule has 2 amide bonds. The average molecular weight is 474 g/mol. The van der Waals surface area contributed by atoms with Crippen LogP contribution in [0.5, 0.6) is 0 Å². The number of nitrogens with one attached hydrogen (secondary N) is 2. The summed E-state index contributed by atoms with van der Waals surface area (Å²) in [5, 5.41) is 3.20. The maximum Gasteiger partial charge on any atom is 0.408 e. The summed E-state index contributed by atoms with van der Waals surface area (Å²) in [7, 11) is 0. The van der Waals surface area contributed by atoms with Crippen LogP contribution < -0.4 is 10.6 Å². The number of carbonyl (C=O) groups excluding carboxylic acids is 3. The predicted octanol–water partition coefficient (Wildman–Crippen LogP) is 4.23. The Labute approximate surface area is 201 Å². The van der Waals surface area contributed by atoms with Gasteiger partial charge in [-0.15, -0.1) is 0 Å². The van der Waals surface area contributed by atoms with Gasteiger partial charge in [0.05, 0.1) is 6.61 Å². The van der Waals surface area contributed by atoms with Crippen LogP contribution >= 0.6 is 11.8 Å². The van der Waals surface area contributed by atoms with Crippen LogP contribution in [-0.4, -0.2) is 42.0 Å². The molecule has 1 unspecified atom stereocenters. The number of thioether (sulfide) groups is 1. The lowest BCUT2D eigenvalue weighted by Gasteiger charge is -2.25. The Morgan fingerprint density at radius 2 is 1.64 bits per heavy atom. The average Bonchev–Trinajstić information content (AvgIpc) is 2.80. The first-order valence-electron chi connectivity index (χ1n) is 11.2. The number of alkyl carbamates (subject to hydrolysis) is 1. The molecule has 0 aliphatic carbocycles. The first-order valence-corrected chi connectivity index (χ1v) is 11.9. The number of hydrogen-bond acceptors (Lipinski definition) is 6. The first kappa shape index (κ1) is 24.6. The van der Waals surface area contributed by atoms with Crippen molar-refractivity contribution >= 4 is 29.7 Å². The Morgan fingerprint density at radius 1 is 1.03 bits per heavy atom. The normalized spacial score (nSPS) is 13.3. The molecule has 33 heavy (non-hydrogen) atoms. The third kappa shape index (κ3) is 9.57. The molecule has 8 heteroatoms. The topological polar surface area (TPSA) is 93.7 Å². The lowest BCUT2D eigenvalue weighted by molar-refractivity contribution is -0.147. The second kappa shape index (κ2) is 12.9. The minimum absolute atomic E-state index is 0.133. The molecule has 0 heterocycles. The third-order valence-electron chi connectivity index (χ3n) is 4.29. The fourth-order valence-electron chi connectivity index (χ4n) is 2.84. The van der Waals surface area contributed by atoms with Gasteiger partial charge in [0.2, 0.25) is 5.91 Å². The molecule has 0 radical (unpaired) electrons. The summed E-state index contributed by atoms with van der Waals surface area (Å²) in [5.41, 5.74) is 0.763. The van der Waals surface area contributed by atoms with Crippen molar-refractivity contribution in [3.8, 4) is 0 Å². The van der Waals surface area contributed by atoms with Crippen LogP contribution in [0.1, 0.15) is 44.9 Å². The molecule has 0 spiro atoms. The van der Waals surface area contributed by atoms with Crippen molar-refractivity contribution < 1.29 is 25.3 Å². The van der Waals surface area contributed by atoms with Gasteiger partial charge in [-0.25, -0.2) is 9.59 Å². The Kier molecular flexibility index (Phi) is 9.62. The minimum atomic E-state index is -1.19. The van der Waals surface area contributed by atoms with E-state index in [2.05, 4.69) is 5.32 Å². The highest BCUT2D eigenvalue weighted by Crippen LogP contribution is 2.17. The zero-order valence-corrected chi connectivity index (χ0v) is 20.3. The molecule has 0 saturated heterocycles. The van der Waals surface area contributed by atoms with E-state index in [9.17, 15) is 14.4 Å². The summed E-state index contributed by atoms with van der Waals surface area (Å²) in [4.78, 5) is 38.5. The summed E-state index contributed by atoms with van der Waals surface area (Å²) in [6.07, 6.45) is -0.944. The second-order valence-corrected chi connectivity index (χ2v) is 9.26. The standard InChI is InChI=1S/C25H32N2O5S/c1-5-31-23(29)21(19-14-10-7-11-15-19)27-22(28)20(26-24(30)32-25(2,3)4)17-33-16-18-12-8-6-9-13-18/h6-15,20-21H,5,16-17H2,1-4H3,(H,26,30)(H,27,28)/t20-,21?/m0/s1/i/hD. The van der Waals surface area contributed by atoms with Crippen molar-refractivity contribution in [2.75, 3.05) is 12.4 Å². The maximum absolute atomic E-state index is 13.3. The summed E-state index contributed by atoms with van der Waals surface area (Å²) in [5.74, 6) is -0.546. The van der Waals surface area contributed by atoms with Gasteiger partial charge >= 0.3 is 12.1 Å². The van der Waals surface area contributed by atoms with Crippen molar-refractivity contribution in [2.24, 2.45) is 0 Å². The Bertz CT molecular complexity index is 937. The summed E-state index contributed by atoms with van der Waals surface area (Å²) < 4.78 is 18.8. The molecular formula is C25H32N2O5S. The van der Waals surface area contributed by atoms with Crippen LogP contribution in [0, 0.1) is 0 Å². The minimum Gasteiger partial charge on any atom is -0.464 e. The molecule has 2 aromatic carbocycles. The van der Waals surface area contributed by atoms with Crippen molar-refractivity contribution in [2.45, 2.75) is 51.1 Å². The molecule has 178 valence electrons. The number of ether oxygens (including phenoxy) is 2. The van der Waals surface area contributed by atoms with Crippen molar-refractivity contribution in [3.63, 3.8) is 0 Å². The summed E-state index contributed by atoms with van der Waals surface area (Å²) >= 11 is 1.40. The fraction of sp³-hybridized carbons (Fsp3) is 0.400. The van der Waals surface area contributed by atoms with E-state index < -0.39 is 35.7 Å². The SMILES string of the molecule is [2H]N(C(=O)OC(C)(C)C)[C@@H](CSCc1ccccc1)C(=O)NC(C(=O)OCC)c1ccccc1. The molecule has 2 N–H and O–H groups in total. The largest absolute Gasteiger partial charge is 0.464 e. The molecule has 0 bridgehead atoms. The third-order valence-corrected chi connectivity index (χ3v) is 5.38. The van der Waals surface area contributed by atoms with E-state index in [1.165, 1.54) is 11.8 Å². The van der Waals surface area contributed by atoms with E-state index >= 15 is 0 Å². The number of esters is 1. The smallest absolute Gasteiger partial charge is 0.408 e. The van der Waals surface area contributed by atoms with Gasteiger partial charge in [-0.2, -0.15) is 11.8 Å². The van der Waals surface area contributed by atoms with Crippen LogP contribution in [0.25, 0.3) is 0 Å². The zero-order chi connectivity index (χ0) is 25.1. The Balaban J connectivity index is 2.22. The maximum atomic E-state index is 13.3. The van der Waals surface area contributed by atoms with Gasteiger partial charge < -0.3 is 20.1 Å². The molecule has 7 nitrogen and oxygen atoms in total. The number of carbonyl (C=O) groups is 3. The van der Waals surface area contributed by atoms with Crippen LogP contribution in [0.4, 0.5) is 4.79 Å². The Hall–Kier alpha value is -3.00. The highest BCUT2D eigenvalue weighted by atomic mass is 32.2. The summed E-state index contributed by atoms with van der Waals surface area (Å²) in [6.45, 7) is 6.88. The van der Waals surface area contributed by atoms with Gasteiger partial charge in [-0.3, -0.25) is 4.79 Å². The molecule has 2 aromatic rings. The van der Waals surface area contributed by atoms with Crippen LogP contribution in [0.3, 0.4) is 0 Å². The molecule has 0 aliphatic heterocycles. The highest BCUT2D eigenvalue weighted by Gasteiger charge is 2.30. The second-order valence-electron chi connectivity index (χ2n) is 8.23. The lowest BCUT2D eigenvalue weighted by Crippen LogP contribution is -2.51. The number of amides is 2. The fourth-order valence-corrected chi connectivity index (χ4v) is 3.83. The van der Waals surface area contributed by atoms with Gasteiger partial charge in [0.15, 0.2) is 7.45 Å². The van der Waals surface area contributed by atoms with Gasteiger partial charge in [-0.05, 0) is 38.8 Å². The van der Waals surface area contributed by atoms with Crippen LogP contribution in [-0.2, 0) is 24.8 Å². The quantitative estimate of drug-likeness (QED) is 0.502. The van der Waals surface area contributed by atoms with E-state index in [1.54, 1.807) is 58.0 Å². The van der Waals surface area contributed by atoms with E-state index in [-0.39, 0.29) is 12.4 Å². The van der Waals surface area contributed by atoms with Crippen molar-refractivity contribution in [3.05, 3.63) is 71.8 Å². The van der Waals surface area contributed by atoms with Crippen LogP contribution in [0.2, 0.25) is 1.41 Å². The van der Waals surface area contributed by atoms with Gasteiger partial charge in [-0.1, -0.05) is 60.7 Å². The van der Waals surface area contributed by atoms with Gasteiger partial charge in [0, 0.05) is 11.5 Å². The zero-order valence-electron chi connectivity index (χ0n) is 20.4. The number of rotatable bonds is 10. The van der Waals surface area contributed by atoms with Gasteiger partial charge in [0.1, 0.15) is 11.6 Å². The van der Waals surface area contributed by atoms with Gasteiger partial charge in [0.25, 0.3) is 0 Å². The molecule has 2 rings (SSSR count). The number of benzene rings is 2. The molecule has 0 fully saturated rings. The first-order chi connectivity index (χ1) is 16.1. The molecule has 0 aliphatic rings. The summed E-state index contributed by atoms with van der Waals surface area (Å²) in [6, 6.07) is 16.1. The molecule has 0 aromatic heterocycles. The predicted molar refractivity (Wildman–Crippen MR) is 130 cm³/mol. The molecule has 2 atom stereocenters. The van der Waals surface area contributed by atoms with E-state index in [0.29, 0.717) is 16.6 Å². The highest BCUT2D eigenvalue weighted by molar-refractivity contribution is 7.98.